The molecule has 0 amide bonds. The second kappa shape index (κ2) is 6.33. The van der Waals surface area contributed by atoms with Crippen LogP contribution < -0.4 is 10.1 Å². The van der Waals surface area contributed by atoms with E-state index in [9.17, 15) is 10.1 Å². The number of ether oxygens (including phenoxy) is 1. The van der Waals surface area contributed by atoms with Crippen molar-refractivity contribution < 1.29 is 9.66 Å². The van der Waals surface area contributed by atoms with Crippen molar-refractivity contribution in [3.8, 4) is 5.75 Å². The maximum Gasteiger partial charge on any atom is 0.312 e. The highest BCUT2D eigenvalue weighted by Crippen LogP contribution is 2.29. The molecule has 104 valence electrons. The fraction of sp³-hybridized carbons (Fsp3) is 0.154. The predicted octanol–water partition coefficient (Wildman–Crippen LogP) is 3.37. The minimum Gasteiger partial charge on any atom is -0.490 e. The molecular weight excluding hydrogens is 326 g/mol. The number of halogens is 1. The third-order valence-electron chi connectivity index (χ3n) is 2.63. The topological polar surface area (TPSA) is 77.3 Å². The van der Waals surface area contributed by atoms with Crippen LogP contribution in [0.2, 0.25) is 0 Å². The van der Waals surface area contributed by atoms with E-state index in [1.807, 2.05) is 6.07 Å². The molecule has 2 aromatic rings. The first-order valence-electron chi connectivity index (χ1n) is 5.76. The first kappa shape index (κ1) is 14.3. The van der Waals surface area contributed by atoms with Gasteiger partial charge in [-0.25, -0.2) is 0 Å². The van der Waals surface area contributed by atoms with Crippen molar-refractivity contribution in [1.82, 2.24) is 4.98 Å². The minimum absolute atomic E-state index is 0.0649. The highest BCUT2D eigenvalue weighted by molar-refractivity contribution is 9.10. The summed E-state index contributed by atoms with van der Waals surface area (Å²) in [6.45, 7) is 0.524. The van der Waals surface area contributed by atoms with Crippen LogP contribution >= 0.6 is 15.9 Å². The van der Waals surface area contributed by atoms with Gasteiger partial charge in [0.2, 0.25) is 0 Å². The Morgan fingerprint density at radius 3 is 2.85 bits per heavy atom. The summed E-state index contributed by atoms with van der Waals surface area (Å²) in [6.07, 6.45) is 3.43. The number of methoxy groups -OCH3 is 1. The molecule has 0 saturated carbocycles. The number of hydrogen-bond acceptors (Lipinski definition) is 5. The van der Waals surface area contributed by atoms with E-state index in [0.29, 0.717) is 12.2 Å². The molecule has 0 bridgehead atoms. The molecule has 0 atom stereocenters. The van der Waals surface area contributed by atoms with E-state index >= 15 is 0 Å². The third kappa shape index (κ3) is 3.45. The summed E-state index contributed by atoms with van der Waals surface area (Å²) in [7, 11) is 1.41. The second-order valence-corrected chi connectivity index (χ2v) is 4.92. The lowest BCUT2D eigenvalue weighted by molar-refractivity contribution is -0.385. The normalized spacial score (nSPS) is 10.1. The molecule has 7 heteroatoms. The number of nitrogens with zero attached hydrogens (tertiary/aromatic N) is 2. The molecular formula is C13H12BrN3O3. The summed E-state index contributed by atoms with van der Waals surface area (Å²) < 4.78 is 5.84. The van der Waals surface area contributed by atoms with Crippen LogP contribution in [0.1, 0.15) is 5.56 Å². The number of aromatic nitrogens is 1. The molecule has 1 aromatic carbocycles. The first-order chi connectivity index (χ1) is 9.60. The lowest BCUT2D eigenvalue weighted by Crippen LogP contribution is -2.01. The summed E-state index contributed by atoms with van der Waals surface area (Å²) in [5.74, 6) is 0.240. The van der Waals surface area contributed by atoms with E-state index in [4.69, 9.17) is 4.74 Å². The van der Waals surface area contributed by atoms with Crippen LogP contribution in [0.25, 0.3) is 0 Å². The molecule has 20 heavy (non-hydrogen) atoms. The molecule has 0 unspecified atom stereocenters. The van der Waals surface area contributed by atoms with E-state index in [1.165, 1.54) is 13.2 Å². The van der Waals surface area contributed by atoms with Crippen LogP contribution in [0, 0.1) is 10.1 Å². The van der Waals surface area contributed by atoms with Crippen LogP contribution in [-0.4, -0.2) is 17.0 Å². The van der Waals surface area contributed by atoms with Crippen molar-refractivity contribution in [3.63, 3.8) is 0 Å². The van der Waals surface area contributed by atoms with E-state index < -0.39 is 4.92 Å². The van der Waals surface area contributed by atoms with Gasteiger partial charge in [0.1, 0.15) is 0 Å². The number of nitrogens with one attached hydrogen (secondary N) is 1. The molecule has 0 aliphatic carbocycles. The molecule has 1 heterocycles. The number of anilines is 1. The zero-order valence-corrected chi connectivity index (χ0v) is 12.3. The smallest absolute Gasteiger partial charge is 0.312 e. The fourth-order valence-electron chi connectivity index (χ4n) is 1.70. The Morgan fingerprint density at radius 2 is 2.20 bits per heavy atom. The molecule has 0 radical (unpaired) electrons. The van der Waals surface area contributed by atoms with Crippen molar-refractivity contribution in [1.29, 1.82) is 0 Å². The van der Waals surface area contributed by atoms with Crippen molar-refractivity contribution in [2.45, 2.75) is 6.54 Å². The fourth-order valence-corrected chi connectivity index (χ4v) is 2.11. The van der Waals surface area contributed by atoms with E-state index in [0.717, 1.165) is 10.0 Å². The summed E-state index contributed by atoms with van der Waals surface area (Å²) in [5, 5.41) is 14.0. The Bertz CT molecular complexity index is 634. The van der Waals surface area contributed by atoms with E-state index in [-0.39, 0.29) is 11.4 Å². The molecule has 0 spiro atoms. The maximum atomic E-state index is 10.9. The summed E-state index contributed by atoms with van der Waals surface area (Å²) in [5.41, 5.74) is 1.56. The predicted molar refractivity (Wildman–Crippen MR) is 78.9 cm³/mol. The Hall–Kier alpha value is -2.15. The molecule has 0 aliphatic rings. The number of rotatable bonds is 5. The number of nitro groups is 1. The minimum atomic E-state index is -0.468. The molecule has 1 aromatic heterocycles. The van der Waals surface area contributed by atoms with Crippen molar-refractivity contribution in [2.75, 3.05) is 12.4 Å². The maximum absolute atomic E-state index is 10.9. The number of benzene rings is 1. The number of pyridine rings is 1. The third-order valence-corrected chi connectivity index (χ3v) is 3.07. The molecule has 6 nitrogen and oxygen atoms in total. The SMILES string of the molecule is COc1ccc(NCc2cncc(Br)c2)cc1[N+](=O)[O-]. The van der Waals surface area contributed by atoms with Crippen LogP contribution in [-0.2, 0) is 6.54 Å². The largest absolute Gasteiger partial charge is 0.490 e. The summed E-state index contributed by atoms with van der Waals surface area (Å²) in [4.78, 5) is 14.5. The van der Waals surface area contributed by atoms with Gasteiger partial charge in [0, 0.05) is 35.2 Å². The van der Waals surface area contributed by atoms with Crippen molar-refractivity contribution in [3.05, 3.63) is 56.8 Å². The highest BCUT2D eigenvalue weighted by Gasteiger charge is 2.14. The lowest BCUT2D eigenvalue weighted by Gasteiger charge is -2.08. The Kier molecular flexibility index (Phi) is 4.52. The molecule has 2 rings (SSSR count). The monoisotopic (exact) mass is 337 g/mol. The van der Waals surface area contributed by atoms with Crippen molar-refractivity contribution >= 4 is 27.3 Å². The standard InChI is InChI=1S/C13H12BrN3O3/c1-20-13-3-2-11(5-12(13)17(18)19)16-7-9-4-10(14)8-15-6-9/h2-6,8,16H,7H2,1H3. The highest BCUT2D eigenvalue weighted by atomic mass is 79.9. The van der Waals surface area contributed by atoms with Crippen LogP contribution in [0.3, 0.4) is 0 Å². The van der Waals surface area contributed by atoms with Crippen LogP contribution in [0.4, 0.5) is 11.4 Å². The Morgan fingerprint density at radius 1 is 1.40 bits per heavy atom. The lowest BCUT2D eigenvalue weighted by atomic mass is 10.2. The van der Waals surface area contributed by atoms with Gasteiger partial charge < -0.3 is 10.1 Å². The van der Waals surface area contributed by atoms with Crippen LogP contribution in [0.15, 0.2) is 41.1 Å². The Labute approximate surface area is 124 Å². The van der Waals surface area contributed by atoms with E-state index in [2.05, 4.69) is 26.2 Å². The number of hydrogen-bond donors (Lipinski definition) is 1. The summed E-state index contributed by atoms with van der Waals surface area (Å²) in [6, 6.07) is 6.68. The van der Waals surface area contributed by atoms with Crippen molar-refractivity contribution in [2.24, 2.45) is 0 Å². The van der Waals surface area contributed by atoms with Gasteiger partial charge in [0.15, 0.2) is 5.75 Å². The second-order valence-electron chi connectivity index (χ2n) is 4.01. The van der Waals surface area contributed by atoms with Gasteiger partial charge in [0.25, 0.3) is 0 Å². The molecule has 0 aliphatic heterocycles. The van der Waals surface area contributed by atoms with Gasteiger partial charge in [-0.3, -0.25) is 15.1 Å². The van der Waals surface area contributed by atoms with E-state index in [1.54, 1.807) is 24.5 Å². The van der Waals surface area contributed by atoms with Gasteiger partial charge >= 0.3 is 5.69 Å². The van der Waals surface area contributed by atoms with Gasteiger partial charge in [-0.1, -0.05) is 0 Å². The Balaban J connectivity index is 2.14. The van der Waals surface area contributed by atoms with Gasteiger partial charge in [-0.15, -0.1) is 0 Å². The summed E-state index contributed by atoms with van der Waals surface area (Å²) >= 11 is 3.34. The molecule has 0 fully saturated rings. The van der Waals surface area contributed by atoms with Gasteiger partial charge in [0.05, 0.1) is 12.0 Å². The number of nitro benzene ring substituents is 1. The average molecular weight is 338 g/mol. The quantitative estimate of drug-likeness (QED) is 0.668. The zero-order chi connectivity index (χ0) is 14.5. The average Bonchev–Trinajstić information content (AvgIpc) is 2.45. The van der Waals surface area contributed by atoms with Crippen LogP contribution in [0.5, 0.6) is 5.75 Å². The molecule has 1 N–H and O–H groups in total. The van der Waals surface area contributed by atoms with Gasteiger partial charge in [-0.05, 0) is 39.7 Å². The zero-order valence-electron chi connectivity index (χ0n) is 10.7. The van der Waals surface area contributed by atoms with Gasteiger partial charge in [-0.2, -0.15) is 0 Å². The molecule has 0 saturated heterocycles. The first-order valence-corrected chi connectivity index (χ1v) is 6.55.